The first-order chi connectivity index (χ1) is 13.4. The van der Waals surface area contributed by atoms with E-state index < -0.39 is 6.04 Å². The lowest BCUT2D eigenvalue weighted by Gasteiger charge is -2.38. The number of nitrogens with zero attached hydrogens (tertiary/aromatic N) is 3. The maximum absolute atomic E-state index is 13.1. The van der Waals surface area contributed by atoms with E-state index in [4.69, 9.17) is 23.2 Å². The summed E-state index contributed by atoms with van der Waals surface area (Å²) in [5.41, 5.74) is 1.39. The Morgan fingerprint density at radius 2 is 1.50 bits per heavy atom. The molecule has 2 aromatic carbocycles. The number of piperazine rings is 1. The molecule has 2 aliphatic rings. The number of rotatable bonds is 3. The van der Waals surface area contributed by atoms with E-state index in [1.165, 1.54) is 23.1 Å². The van der Waals surface area contributed by atoms with Crippen molar-refractivity contribution in [3.8, 4) is 0 Å². The van der Waals surface area contributed by atoms with Crippen LogP contribution in [0.15, 0.2) is 42.5 Å². The zero-order valence-corrected chi connectivity index (χ0v) is 16.5. The number of hydrogen-bond donors (Lipinski definition) is 0. The van der Waals surface area contributed by atoms with E-state index in [2.05, 4.69) is 4.90 Å². The molecule has 5 nitrogen and oxygen atoms in total. The highest BCUT2D eigenvalue weighted by Crippen LogP contribution is 2.31. The summed E-state index contributed by atoms with van der Waals surface area (Å²) in [6.07, 6.45) is 0.148. The molecular formula is C20H18Cl2FN3O2. The highest BCUT2D eigenvalue weighted by atomic mass is 35.5. The van der Waals surface area contributed by atoms with Crippen molar-refractivity contribution in [3.05, 3.63) is 58.3 Å². The molecule has 1 atom stereocenters. The van der Waals surface area contributed by atoms with Crippen LogP contribution in [0.1, 0.15) is 6.42 Å². The Morgan fingerprint density at radius 3 is 2.14 bits per heavy atom. The van der Waals surface area contributed by atoms with Crippen LogP contribution in [0.2, 0.25) is 10.0 Å². The lowest BCUT2D eigenvalue weighted by atomic mass is 10.1. The second-order valence-corrected chi connectivity index (χ2v) is 7.70. The number of amides is 2. The normalized spacial score (nSPS) is 20.9. The molecule has 2 heterocycles. The number of benzene rings is 2. The number of halogens is 3. The molecule has 1 unspecified atom stereocenters. The van der Waals surface area contributed by atoms with Gasteiger partial charge in [0.05, 0.1) is 28.2 Å². The van der Waals surface area contributed by atoms with Gasteiger partial charge in [0, 0.05) is 31.9 Å². The molecule has 2 amide bonds. The molecule has 146 valence electrons. The molecule has 0 saturated carbocycles. The Kier molecular flexibility index (Phi) is 5.27. The minimum atomic E-state index is -0.475. The molecule has 2 aromatic rings. The van der Waals surface area contributed by atoms with Gasteiger partial charge in [0.2, 0.25) is 5.91 Å². The fourth-order valence-corrected chi connectivity index (χ4v) is 4.03. The van der Waals surface area contributed by atoms with E-state index >= 15 is 0 Å². The Balaban J connectivity index is 1.44. The third-order valence-corrected chi connectivity index (χ3v) is 5.97. The predicted molar refractivity (Wildman–Crippen MR) is 108 cm³/mol. The van der Waals surface area contributed by atoms with Gasteiger partial charge in [-0.15, -0.1) is 0 Å². The second-order valence-electron chi connectivity index (χ2n) is 6.89. The van der Waals surface area contributed by atoms with Crippen molar-refractivity contribution in [2.24, 2.45) is 0 Å². The molecule has 0 radical (unpaired) electrons. The van der Waals surface area contributed by atoms with Gasteiger partial charge < -0.3 is 4.90 Å². The number of hydrogen-bond acceptors (Lipinski definition) is 4. The Hall–Kier alpha value is -2.15. The molecule has 2 aliphatic heterocycles. The van der Waals surface area contributed by atoms with Crippen molar-refractivity contribution < 1.29 is 14.0 Å². The van der Waals surface area contributed by atoms with Gasteiger partial charge in [-0.05, 0) is 42.5 Å². The van der Waals surface area contributed by atoms with Crippen molar-refractivity contribution >= 4 is 46.4 Å². The SMILES string of the molecule is O=C1CC(N2CCN(c3ccc(F)cc3)CC2)C(=O)N1c1ccc(Cl)c(Cl)c1. The van der Waals surface area contributed by atoms with E-state index in [0.29, 0.717) is 41.9 Å². The summed E-state index contributed by atoms with van der Waals surface area (Å²) in [5, 5.41) is 0.675. The summed E-state index contributed by atoms with van der Waals surface area (Å²) < 4.78 is 13.1. The van der Waals surface area contributed by atoms with Crippen LogP contribution in [0.25, 0.3) is 0 Å². The van der Waals surface area contributed by atoms with E-state index in [1.807, 2.05) is 4.90 Å². The molecule has 0 aliphatic carbocycles. The van der Waals surface area contributed by atoms with Crippen LogP contribution in [0, 0.1) is 5.82 Å². The molecular weight excluding hydrogens is 404 g/mol. The van der Waals surface area contributed by atoms with Gasteiger partial charge in [-0.3, -0.25) is 14.5 Å². The molecule has 4 rings (SSSR count). The summed E-state index contributed by atoms with van der Waals surface area (Å²) in [7, 11) is 0. The highest BCUT2D eigenvalue weighted by Gasteiger charge is 2.43. The first-order valence-corrected chi connectivity index (χ1v) is 9.76. The largest absolute Gasteiger partial charge is 0.369 e. The number of imide groups is 1. The van der Waals surface area contributed by atoms with Crippen molar-refractivity contribution in [3.63, 3.8) is 0 Å². The molecule has 0 bridgehead atoms. The van der Waals surface area contributed by atoms with E-state index in [9.17, 15) is 14.0 Å². The highest BCUT2D eigenvalue weighted by molar-refractivity contribution is 6.42. The lowest BCUT2D eigenvalue weighted by Crippen LogP contribution is -2.52. The topological polar surface area (TPSA) is 43.9 Å². The average molecular weight is 422 g/mol. The number of carbonyl (C=O) groups excluding carboxylic acids is 2. The van der Waals surface area contributed by atoms with Crippen LogP contribution in [0.5, 0.6) is 0 Å². The molecule has 28 heavy (non-hydrogen) atoms. The fourth-order valence-electron chi connectivity index (χ4n) is 3.74. The maximum Gasteiger partial charge on any atom is 0.251 e. The summed E-state index contributed by atoms with van der Waals surface area (Å²) in [6.45, 7) is 2.71. The minimum Gasteiger partial charge on any atom is -0.369 e. The molecule has 0 spiro atoms. The van der Waals surface area contributed by atoms with Gasteiger partial charge in [0.15, 0.2) is 0 Å². The first-order valence-electron chi connectivity index (χ1n) is 9.00. The van der Waals surface area contributed by atoms with Crippen molar-refractivity contribution in [1.29, 1.82) is 0 Å². The van der Waals surface area contributed by atoms with Crippen LogP contribution in [-0.2, 0) is 9.59 Å². The first kappa shape index (κ1) is 19.2. The Bertz CT molecular complexity index is 914. The molecule has 0 N–H and O–H groups in total. The smallest absolute Gasteiger partial charge is 0.251 e. The van der Waals surface area contributed by atoms with Crippen LogP contribution < -0.4 is 9.80 Å². The predicted octanol–water partition coefficient (Wildman–Crippen LogP) is 3.59. The van der Waals surface area contributed by atoms with Gasteiger partial charge in [-0.25, -0.2) is 9.29 Å². The maximum atomic E-state index is 13.1. The van der Waals surface area contributed by atoms with Crippen molar-refractivity contribution in [1.82, 2.24) is 4.90 Å². The van der Waals surface area contributed by atoms with E-state index in [0.717, 1.165) is 5.69 Å². The fraction of sp³-hybridized carbons (Fsp3) is 0.300. The minimum absolute atomic E-state index is 0.148. The van der Waals surface area contributed by atoms with Gasteiger partial charge in [0.25, 0.3) is 5.91 Å². The molecule has 2 fully saturated rings. The van der Waals surface area contributed by atoms with Gasteiger partial charge in [-0.1, -0.05) is 23.2 Å². The summed E-state index contributed by atoms with van der Waals surface area (Å²) in [6, 6.07) is 10.6. The van der Waals surface area contributed by atoms with Crippen molar-refractivity contribution in [2.45, 2.75) is 12.5 Å². The molecule has 8 heteroatoms. The van der Waals surface area contributed by atoms with Gasteiger partial charge in [0.1, 0.15) is 5.82 Å². The standard InChI is InChI=1S/C20H18Cl2FN3O2/c21-16-6-5-15(11-17(16)22)26-19(27)12-18(20(26)28)25-9-7-24(8-10-25)14-3-1-13(23)2-4-14/h1-6,11,18H,7-10,12H2. The molecule has 2 saturated heterocycles. The lowest BCUT2D eigenvalue weighted by molar-refractivity contribution is -0.123. The average Bonchev–Trinajstić information content (AvgIpc) is 2.99. The third kappa shape index (κ3) is 3.60. The van der Waals surface area contributed by atoms with Crippen LogP contribution in [0.3, 0.4) is 0 Å². The number of anilines is 2. The van der Waals surface area contributed by atoms with Gasteiger partial charge in [-0.2, -0.15) is 0 Å². The summed E-state index contributed by atoms with van der Waals surface area (Å²) in [5.74, 6) is -0.743. The third-order valence-electron chi connectivity index (χ3n) is 5.23. The van der Waals surface area contributed by atoms with E-state index in [-0.39, 0.29) is 24.1 Å². The number of carbonyl (C=O) groups is 2. The quantitative estimate of drug-likeness (QED) is 0.710. The zero-order valence-electron chi connectivity index (χ0n) is 14.9. The van der Waals surface area contributed by atoms with Gasteiger partial charge >= 0.3 is 0 Å². The summed E-state index contributed by atoms with van der Waals surface area (Å²) in [4.78, 5) is 30.8. The van der Waals surface area contributed by atoms with Crippen molar-refractivity contribution in [2.75, 3.05) is 36.0 Å². The van der Waals surface area contributed by atoms with Crippen LogP contribution >= 0.6 is 23.2 Å². The Morgan fingerprint density at radius 1 is 0.857 bits per heavy atom. The molecule has 0 aromatic heterocycles. The van der Waals surface area contributed by atoms with Crippen LogP contribution in [-0.4, -0.2) is 48.9 Å². The van der Waals surface area contributed by atoms with Crippen LogP contribution in [0.4, 0.5) is 15.8 Å². The zero-order chi connectivity index (χ0) is 19.8. The summed E-state index contributed by atoms with van der Waals surface area (Å²) >= 11 is 12.0. The Labute approximate surface area is 172 Å². The second kappa shape index (κ2) is 7.70. The monoisotopic (exact) mass is 421 g/mol. The van der Waals surface area contributed by atoms with E-state index in [1.54, 1.807) is 24.3 Å².